The van der Waals surface area contributed by atoms with Crippen molar-refractivity contribution in [2.24, 2.45) is 4.99 Å². The number of amidine groups is 1. The number of piperazine rings is 1. The van der Waals surface area contributed by atoms with Crippen LogP contribution >= 0.6 is 11.8 Å². The summed E-state index contributed by atoms with van der Waals surface area (Å²) in [5, 5.41) is 10.9. The number of ether oxygens (including phenoxy) is 2. The number of nitro benzene ring substituents is 1. The first-order valence-corrected chi connectivity index (χ1v) is 14.2. The molecular formula is C29H29N5O9S. The highest BCUT2D eigenvalue weighted by atomic mass is 32.2. The Morgan fingerprint density at radius 3 is 2.05 bits per heavy atom. The van der Waals surface area contributed by atoms with E-state index >= 15 is 0 Å². The topological polar surface area (TPSA) is 169 Å². The largest absolute Gasteiger partial charge is 0.466 e. The third-order valence-electron chi connectivity index (χ3n) is 6.37. The first-order chi connectivity index (χ1) is 20.8. The Kier molecular flexibility index (Phi) is 9.47. The van der Waals surface area contributed by atoms with Crippen molar-refractivity contribution in [3.63, 3.8) is 0 Å². The van der Waals surface area contributed by atoms with Gasteiger partial charge in [-0.2, -0.15) is 4.99 Å². The van der Waals surface area contributed by atoms with Crippen LogP contribution in [0.5, 0.6) is 0 Å². The van der Waals surface area contributed by atoms with E-state index in [1.807, 2.05) is 0 Å². The van der Waals surface area contributed by atoms with Crippen LogP contribution in [0.3, 0.4) is 0 Å². The maximum absolute atomic E-state index is 13.3. The van der Waals surface area contributed by atoms with Crippen molar-refractivity contribution in [3.8, 4) is 0 Å². The van der Waals surface area contributed by atoms with Gasteiger partial charge in [0, 0.05) is 55.5 Å². The molecule has 2 aliphatic heterocycles. The van der Waals surface area contributed by atoms with Crippen molar-refractivity contribution < 1.29 is 38.4 Å². The quantitative estimate of drug-likeness (QED) is 0.207. The van der Waals surface area contributed by atoms with E-state index in [0.29, 0.717) is 31.7 Å². The molecule has 15 heteroatoms. The van der Waals surface area contributed by atoms with Gasteiger partial charge in [-0.15, -0.1) is 0 Å². The number of methoxy groups -OCH3 is 1. The number of non-ortho nitro benzene ring substituents is 1. The highest BCUT2D eigenvalue weighted by molar-refractivity contribution is 8.19. The Morgan fingerprint density at radius 1 is 0.932 bits per heavy atom. The molecule has 2 saturated heterocycles. The number of esters is 1. The van der Waals surface area contributed by atoms with Crippen molar-refractivity contribution in [2.75, 3.05) is 38.2 Å². The summed E-state index contributed by atoms with van der Waals surface area (Å²) in [6.45, 7) is 6.60. The Bertz CT molecular complexity index is 1550. The predicted octanol–water partition coefficient (Wildman–Crippen LogP) is 3.62. The molecule has 4 amide bonds. The SMILES string of the molecule is COC(=O)C=C1SC(=NC(=O)c2ccc([N+](=O)[O-])cc2)N(c2ccc(C(=O)N3CCN(C(=O)OC(C)(C)C)CC3)cc2)C1=O. The molecule has 14 nitrogen and oxygen atoms in total. The number of carbonyl (C=O) groups excluding carboxylic acids is 5. The van der Waals surface area contributed by atoms with Crippen LogP contribution in [0.25, 0.3) is 0 Å². The monoisotopic (exact) mass is 623 g/mol. The van der Waals surface area contributed by atoms with Crippen molar-refractivity contribution in [1.29, 1.82) is 0 Å². The molecule has 0 atom stereocenters. The molecular weight excluding hydrogens is 594 g/mol. The number of hydrogen-bond acceptors (Lipinski definition) is 10. The maximum Gasteiger partial charge on any atom is 0.410 e. The summed E-state index contributed by atoms with van der Waals surface area (Å²) in [5.74, 6) is -2.46. The average Bonchev–Trinajstić information content (AvgIpc) is 3.29. The Labute approximate surface area is 256 Å². The zero-order valence-corrected chi connectivity index (χ0v) is 25.2. The van der Waals surface area contributed by atoms with Crippen LogP contribution < -0.4 is 4.90 Å². The standard InChI is InChI=1S/C29H29N5O9S/c1-29(2,3)43-28(39)32-15-13-31(14-16-32)25(37)19-7-9-20(10-8-19)33-26(38)22(17-23(35)42-4)44-27(33)30-24(36)18-5-11-21(12-6-18)34(40)41/h5-12,17H,13-16H2,1-4H3. The number of carbonyl (C=O) groups is 5. The van der Waals surface area contributed by atoms with Crippen LogP contribution in [-0.2, 0) is 19.1 Å². The molecule has 2 aliphatic rings. The van der Waals surface area contributed by atoms with Gasteiger partial charge >= 0.3 is 12.1 Å². The van der Waals surface area contributed by atoms with Crippen LogP contribution in [0, 0.1) is 10.1 Å². The number of nitro groups is 1. The number of amides is 4. The molecule has 0 bridgehead atoms. The normalized spacial score (nSPS) is 17.2. The Hall–Kier alpha value is -5.05. The minimum atomic E-state index is -0.781. The second-order valence-corrected chi connectivity index (χ2v) is 11.6. The second-order valence-electron chi connectivity index (χ2n) is 10.6. The van der Waals surface area contributed by atoms with E-state index in [1.165, 1.54) is 36.4 Å². The number of thioether (sulfide) groups is 1. The minimum Gasteiger partial charge on any atom is -0.466 e. The molecule has 0 unspecified atom stereocenters. The molecule has 2 aromatic rings. The molecule has 2 fully saturated rings. The molecule has 4 rings (SSSR count). The second kappa shape index (κ2) is 13.1. The van der Waals surface area contributed by atoms with Gasteiger partial charge in [-0.3, -0.25) is 29.4 Å². The summed E-state index contributed by atoms with van der Waals surface area (Å²) >= 11 is 0.775. The van der Waals surface area contributed by atoms with Crippen LogP contribution in [0.2, 0.25) is 0 Å². The minimum absolute atomic E-state index is 0.0462. The number of hydrogen-bond donors (Lipinski definition) is 0. The average molecular weight is 624 g/mol. The van der Waals surface area contributed by atoms with Gasteiger partial charge in [0.15, 0.2) is 5.17 Å². The van der Waals surface area contributed by atoms with E-state index in [1.54, 1.807) is 30.6 Å². The summed E-state index contributed by atoms with van der Waals surface area (Å²) in [7, 11) is 1.15. The van der Waals surface area contributed by atoms with Crippen LogP contribution in [-0.4, -0.2) is 88.6 Å². The molecule has 0 aliphatic carbocycles. The first-order valence-electron chi connectivity index (χ1n) is 13.3. The van der Waals surface area contributed by atoms with Gasteiger partial charge in [-0.05, 0) is 68.9 Å². The fraction of sp³-hybridized carbons (Fsp3) is 0.310. The lowest BCUT2D eigenvalue weighted by Gasteiger charge is -2.35. The molecule has 0 aromatic heterocycles. The van der Waals surface area contributed by atoms with Gasteiger partial charge in [0.25, 0.3) is 23.4 Å². The molecule has 2 heterocycles. The smallest absolute Gasteiger partial charge is 0.410 e. The van der Waals surface area contributed by atoms with E-state index in [4.69, 9.17) is 4.74 Å². The summed E-state index contributed by atoms with van der Waals surface area (Å²) < 4.78 is 10.0. The molecule has 2 aromatic carbocycles. The zero-order valence-electron chi connectivity index (χ0n) is 24.3. The molecule has 44 heavy (non-hydrogen) atoms. The van der Waals surface area contributed by atoms with Gasteiger partial charge in [-0.1, -0.05) is 0 Å². The van der Waals surface area contributed by atoms with E-state index in [0.717, 1.165) is 42.0 Å². The summed E-state index contributed by atoms with van der Waals surface area (Å²) in [6, 6.07) is 10.9. The number of rotatable bonds is 5. The lowest BCUT2D eigenvalue weighted by atomic mass is 10.1. The molecule has 0 saturated carbocycles. The first kappa shape index (κ1) is 31.9. The molecule has 0 N–H and O–H groups in total. The highest BCUT2D eigenvalue weighted by Crippen LogP contribution is 2.35. The molecule has 230 valence electrons. The predicted molar refractivity (Wildman–Crippen MR) is 160 cm³/mol. The Balaban J connectivity index is 1.53. The fourth-order valence-electron chi connectivity index (χ4n) is 4.17. The fourth-order valence-corrected chi connectivity index (χ4v) is 5.11. The van der Waals surface area contributed by atoms with Gasteiger partial charge in [0.1, 0.15) is 5.60 Å². The van der Waals surface area contributed by atoms with E-state index in [2.05, 4.69) is 9.73 Å². The number of nitrogens with zero attached hydrogens (tertiary/aromatic N) is 5. The van der Waals surface area contributed by atoms with E-state index < -0.39 is 34.4 Å². The lowest BCUT2D eigenvalue weighted by Crippen LogP contribution is -2.51. The number of anilines is 1. The lowest BCUT2D eigenvalue weighted by molar-refractivity contribution is -0.384. The Morgan fingerprint density at radius 2 is 1.50 bits per heavy atom. The molecule has 0 radical (unpaired) electrons. The number of aliphatic imine (C=N–C) groups is 1. The maximum atomic E-state index is 13.3. The third kappa shape index (κ3) is 7.47. The van der Waals surface area contributed by atoms with E-state index in [9.17, 15) is 34.1 Å². The van der Waals surface area contributed by atoms with Crippen LogP contribution in [0.1, 0.15) is 41.5 Å². The molecule has 0 spiro atoms. The summed E-state index contributed by atoms with van der Waals surface area (Å²) in [5.41, 5.74) is -0.167. The zero-order chi connectivity index (χ0) is 32.2. The van der Waals surface area contributed by atoms with Crippen LogP contribution in [0.15, 0.2) is 64.5 Å². The van der Waals surface area contributed by atoms with Crippen LogP contribution in [0.4, 0.5) is 16.2 Å². The highest BCUT2D eigenvalue weighted by Gasteiger charge is 2.36. The summed E-state index contributed by atoms with van der Waals surface area (Å²) in [6.07, 6.45) is 0.542. The summed E-state index contributed by atoms with van der Waals surface area (Å²) in [4.78, 5) is 82.2. The third-order valence-corrected chi connectivity index (χ3v) is 7.34. The van der Waals surface area contributed by atoms with Crippen molar-refractivity contribution >= 4 is 58.1 Å². The van der Waals surface area contributed by atoms with Gasteiger partial charge in [-0.25, -0.2) is 9.59 Å². The van der Waals surface area contributed by atoms with Crippen molar-refractivity contribution in [1.82, 2.24) is 9.80 Å². The van der Waals surface area contributed by atoms with Gasteiger partial charge in [0.05, 0.1) is 22.6 Å². The number of benzene rings is 2. The van der Waals surface area contributed by atoms with Gasteiger partial charge in [0.2, 0.25) is 0 Å². The van der Waals surface area contributed by atoms with Crippen molar-refractivity contribution in [2.45, 2.75) is 26.4 Å². The van der Waals surface area contributed by atoms with Crippen molar-refractivity contribution in [3.05, 3.63) is 80.8 Å². The van der Waals surface area contributed by atoms with E-state index in [-0.39, 0.29) is 32.9 Å². The van der Waals surface area contributed by atoms with Gasteiger partial charge < -0.3 is 19.3 Å².